The Kier molecular flexibility index (Phi) is 4.33. The summed E-state index contributed by atoms with van der Waals surface area (Å²) in [4.78, 5) is 11.4. The van der Waals surface area contributed by atoms with Crippen LogP contribution in [0.1, 0.15) is 21.5 Å². The molecule has 5 heteroatoms. The first-order valence-electron chi connectivity index (χ1n) is 6.47. The molecule has 110 valence electrons. The fourth-order valence-electron chi connectivity index (χ4n) is 2.04. The van der Waals surface area contributed by atoms with Gasteiger partial charge in [0.25, 0.3) is 5.91 Å². The molecule has 5 nitrogen and oxygen atoms in total. The Labute approximate surface area is 123 Å². The lowest BCUT2D eigenvalue weighted by atomic mass is 10.1. The summed E-state index contributed by atoms with van der Waals surface area (Å²) in [6.07, 6.45) is 0. The average molecular weight is 286 g/mol. The van der Waals surface area contributed by atoms with E-state index in [2.05, 4.69) is 0 Å². The van der Waals surface area contributed by atoms with Crippen molar-refractivity contribution in [3.63, 3.8) is 0 Å². The number of anilines is 1. The molecule has 0 saturated heterocycles. The number of carbonyl (C=O) groups is 1. The third-order valence-corrected chi connectivity index (χ3v) is 3.09. The Balaban J connectivity index is 2.26. The Bertz CT molecular complexity index is 669. The van der Waals surface area contributed by atoms with Gasteiger partial charge in [-0.15, -0.1) is 0 Å². The lowest BCUT2D eigenvalue weighted by Crippen LogP contribution is -2.13. The van der Waals surface area contributed by atoms with Crippen molar-refractivity contribution in [3.8, 4) is 11.5 Å². The Morgan fingerprint density at radius 1 is 1.14 bits per heavy atom. The summed E-state index contributed by atoms with van der Waals surface area (Å²) in [7, 11) is 1.60. The molecule has 0 spiro atoms. The van der Waals surface area contributed by atoms with Gasteiger partial charge in [0, 0.05) is 17.3 Å². The summed E-state index contributed by atoms with van der Waals surface area (Å²) < 4.78 is 11.0. The Morgan fingerprint density at radius 3 is 2.57 bits per heavy atom. The topological polar surface area (TPSA) is 87.6 Å². The van der Waals surface area contributed by atoms with E-state index in [1.807, 2.05) is 25.1 Å². The van der Waals surface area contributed by atoms with Crippen LogP contribution in [0.3, 0.4) is 0 Å². The molecule has 4 N–H and O–H groups in total. The molecule has 0 fully saturated rings. The summed E-state index contributed by atoms with van der Waals surface area (Å²) in [5.74, 6) is 0.539. The van der Waals surface area contributed by atoms with Gasteiger partial charge in [-0.3, -0.25) is 4.79 Å². The number of hydrogen-bond donors (Lipinski definition) is 2. The summed E-state index contributed by atoms with van der Waals surface area (Å²) in [5.41, 5.74) is 13.8. The van der Waals surface area contributed by atoms with Crippen LogP contribution in [0, 0.1) is 6.92 Å². The molecule has 0 saturated carbocycles. The van der Waals surface area contributed by atoms with Gasteiger partial charge in [-0.1, -0.05) is 11.6 Å². The molecular formula is C16H18N2O3. The number of carbonyl (C=O) groups excluding carboxylic acids is 1. The highest BCUT2D eigenvalue weighted by Crippen LogP contribution is 2.25. The van der Waals surface area contributed by atoms with Gasteiger partial charge in [0.2, 0.25) is 0 Å². The second-order valence-electron chi connectivity index (χ2n) is 4.72. The maximum atomic E-state index is 11.4. The molecule has 2 aromatic carbocycles. The second kappa shape index (κ2) is 6.17. The largest absolute Gasteiger partial charge is 0.496 e. The van der Waals surface area contributed by atoms with E-state index in [-0.39, 0.29) is 6.61 Å². The molecular weight excluding hydrogens is 268 g/mol. The van der Waals surface area contributed by atoms with Crippen LogP contribution in [-0.2, 0) is 6.61 Å². The van der Waals surface area contributed by atoms with Gasteiger partial charge in [0.1, 0.15) is 18.1 Å². The predicted octanol–water partition coefficient (Wildman–Crippen LogP) is 2.26. The zero-order valence-electron chi connectivity index (χ0n) is 12.1. The number of nitrogens with two attached hydrogens (primary N) is 2. The van der Waals surface area contributed by atoms with E-state index in [1.165, 1.54) is 0 Å². The number of ether oxygens (including phenoxy) is 2. The first-order valence-corrected chi connectivity index (χ1v) is 6.47. The average Bonchev–Trinajstić information content (AvgIpc) is 2.45. The molecule has 0 heterocycles. The molecule has 21 heavy (non-hydrogen) atoms. The van der Waals surface area contributed by atoms with Gasteiger partial charge >= 0.3 is 0 Å². The van der Waals surface area contributed by atoms with Crippen LogP contribution < -0.4 is 20.9 Å². The van der Waals surface area contributed by atoms with Crippen molar-refractivity contribution in [2.24, 2.45) is 5.73 Å². The number of methoxy groups -OCH3 is 1. The highest BCUT2D eigenvalue weighted by atomic mass is 16.5. The molecule has 1 amide bonds. The van der Waals surface area contributed by atoms with Gasteiger partial charge in [0.15, 0.2) is 0 Å². The molecule has 0 aliphatic rings. The second-order valence-corrected chi connectivity index (χ2v) is 4.72. The molecule has 0 unspecified atom stereocenters. The maximum absolute atomic E-state index is 11.4. The van der Waals surface area contributed by atoms with Crippen LogP contribution in [-0.4, -0.2) is 13.0 Å². The molecule has 0 aliphatic heterocycles. The van der Waals surface area contributed by atoms with Gasteiger partial charge in [-0.2, -0.15) is 0 Å². The van der Waals surface area contributed by atoms with Crippen LogP contribution in [0.4, 0.5) is 5.69 Å². The predicted molar refractivity (Wildman–Crippen MR) is 81.4 cm³/mol. The van der Waals surface area contributed by atoms with Gasteiger partial charge in [-0.05, 0) is 31.2 Å². The van der Waals surface area contributed by atoms with Crippen molar-refractivity contribution in [2.75, 3.05) is 12.8 Å². The lowest BCUT2D eigenvalue weighted by molar-refractivity contribution is 0.0996. The first kappa shape index (κ1) is 14.7. The zero-order valence-corrected chi connectivity index (χ0v) is 12.1. The minimum atomic E-state index is -0.554. The van der Waals surface area contributed by atoms with E-state index in [4.69, 9.17) is 20.9 Å². The van der Waals surface area contributed by atoms with E-state index in [1.54, 1.807) is 25.3 Å². The highest BCUT2D eigenvalue weighted by molar-refractivity contribution is 5.96. The third kappa shape index (κ3) is 3.45. The minimum Gasteiger partial charge on any atom is -0.496 e. The molecule has 0 aromatic heterocycles. The SMILES string of the molecule is COc1ccc(C)cc1COc1cc(N)ccc1C(N)=O. The molecule has 2 rings (SSSR count). The molecule has 0 aliphatic carbocycles. The fourth-order valence-corrected chi connectivity index (χ4v) is 2.04. The number of rotatable bonds is 5. The van der Waals surface area contributed by atoms with Crippen molar-refractivity contribution < 1.29 is 14.3 Å². The van der Waals surface area contributed by atoms with Crippen molar-refractivity contribution in [1.82, 2.24) is 0 Å². The molecule has 2 aromatic rings. The van der Waals surface area contributed by atoms with Crippen LogP contribution in [0.25, 0.3) is 0 Å². The Hall–Kier alpha value is -2.69. The van der Waals surface area contributed by atoms with Crippen molar-refractivity contribution >= 4 is 11.6 Å². The van der Waals surface area contributed by atoms with Crippen LogP contribution in [0.2, 0.25) is 0 Å². The first-order chi connectivity index (χ1) is 10.0. The van der Waals surface area contributed by atoms with E-state index < -0.39 is 5.91 Å². The molecule has 0 radical (unpaired) electrons. The van der Waals surface area contributed by atoms with E-state index in [0.29, 0.717) is 17.0 Å². The minimum absolute atomic E-state index is 0.259. The number of hydrogen-bond acceptors (Lipinski definition) is 4. The number of primary amides is 1. The van der Waals surface area contributed by atoms with Gasteiger partial charge in [-0.25, -0.2) is 0 Å². The number of nitrogen functional groups attached to an aromatic ring is 1. The van der Waals surface area contributed by atoms with Crippen molar-refractivity contribution in [3.05, 3.63) is 53.1 Å². The summed E-state index contributed by atoms with van der Waals surface area (Å²) in [5, 5.41) is 0. The smallest absolute Gasteiger partial charge is 0.252 e. The lowest BCUT2D eigenvalue weighted by Gasteiger charge is -2.13. The summed E-state index contributed by atoms with van der Waals surface area (Å²) >= 11 is 0. The standard InChI is InChI=1S/C16H18N2O3/c1-10-3-6-14(20-2)11(7-10)9-21-15-8-12(17)4-5-13(15)16(18)19/h3-8H,9,17H2,1-2H3,(H2,18,19). The monoisotopic (exact) mass is 286 g/mol. The van der Waals surface area contributed by atoms with Gasteiger partial charge in [0.05, 0.1) is 12.7 Å². The van der Waals surface area contributed by atoms with Crippen LogP contribution in [0.15, 0.2) is 36.4 Å². The summed E-state index contributed by atoms with van der Waals surface area (Å²) in [6.45, 7) is 2.24. The number of aryl methyl sites for hydroxylation is 1. The van der Waals surface area contributed by atoms with Crippen LogP contribution >= 0.6 is 0 Å². The van der Waals surface area contributed by atoms with E-state index in [9.17, 15) is 4.79 Å². The molecule has 0 atom stereocenters. The van der Waals surface area contributed by atoms with Crippen molar-refractivity contribution in [2.45, 2.75) is 13.5 Å². The maximum Gasteiger partial charge on any atom is 0.252 e. The number of amides is 1. The quantitative estimate of drug-likeness (QED) is 0.825. The normalized spacial score (nSPS) is 10.2. The van der Waals surface area contributed by atoms with Crippen LogP contribution in [0.5, 0.6) is 11.5 Å². The zero-order chi connectivity index (χ0) is 15.4. The van der Waals surface area contributed by atoms with Gasteiger partial charge < -0.3 is 20.9 Å². The molecule has 0 bridgehead atoms. The highest BCUT2D eigenvalue weighted by Gasteiger charge is 2.11. The Morgan fingerprint density at radius 2 is 1.90 bits per heavy atom. The third-order valence-electron chi connectivity index (χ3n) is 3.09. The van der Waals surface area contributed by atoms with E-state index >= 15 is 0 Å². The summed E-state index contributed by atoms with van der Waals surface area (Å²) in [6, 6.07) is 10.6. The number of benzene rings is 2. The van der Waals surface area contributed by atoms with Crippen molar-refractivity contribution in [1.29, 1.82) is 0 Å². The van der Waals surface area contributed by atoms with E-state index in [0.717, 1.165) is 16.9 Å². The fraction of sp³-hybridized carbons (Fsp3) is 0.188.